The van der Waals surface area contributed by atoms with E-state index < -0.39 is 28.1 Å². The van der Waals surface area contributed by atoms with Crippen molar-refractivity contribution in [3.63, 3.8) is 0 Å². The maximum atomic E-state index is 12.5. The Labute approximate surface area is 140 Å². The molecule has 0 saturated carbocycles. The van der Waals surface area contributed by atoms with Gasteiger partial charge >= 0.3 is 12.1 Å². The topological polar surface area (TPSA) is 66.5 Å². The number of nitrogens with zero attached hydrogens (tertiary/aromatic N) is 1. The van der Waals surface area contributed by atoms with Crippen LogP contribution in [0.5, 0.6) is 0 Å². The molecule has 2 rings (SSSR count). The van der Waals surface area contributed by atoms with Gasteiger partial charge in [-0.1, -0.05) is 23.2 Å². The molecule has 1 atom stereocenters. The summed E-state index contributed by atoms with van der Waals surface area (Å²) >= 11 is 11.6. The molecule has 1 aromatic rings. The smallest absolute Gasteiger partial charge is 0.344 e. The van der Waals surface area contributed by atoms with Gasteiger partial charge in [0.05, 0.1) is 5.02 Å². The second kappa shape index (κ2) is 6.46. The standard InChI is InChI=1S/C12H11Cl2F3N2O3S/c13-7-1-2-9(14)10(5-7)23(21,22)19-4-3-8(6-19)18-11(20)12(15,16)17/h1-2,5,8H,3-4,6H2,(H,18,20). The molecule has 23 heavy (non-hydrogen) atoms. The van der Waals surface area contributed by atoms with Crippen LogP contribution >= 0.6 is 23.2 Å². The zero-order chi connectivity index (χ0) is 17.4. The number of benzene rings is 1. The molecule has 0 aromatic heterocycles. The largest absolute Gasteiger partial charge is 0.471 e. The first-order valence-corrected chi connectivity index (χ1v) is 8.54. The Bertz CT molecular complexity index is 725. The highest BCUT2D eigenvalue weighted by Gasteiger charge is 2.42. The maximum Gasteiger partial charge on any atom is 0.471 e. The Hall–Kier alpha value is -1.03. The molecule has 1 aliphatic rings. The van der Waals surface area contributed by atoms with Crippen LogP contribution in [0.3, 0.4) is 0 Å². The minimum Gasteiger partial charge on any atom is -0.344 e. The van der Waals surface area contributed by atoms with Crippen LogP contribution in [0.15, 0.2) is 23.1 Å². The number of nitrogens with one attached hydrogen (secondary N) is 1. The Morgan fingerprint density at radius 2 is 1.96 bits per heavy atom. The maximum absolute atomic E-state index is 12.5. The second-order valence-electron chi connectivity index (χ2n) is 4.89. The molecule has 11 heteroatoms. The van der Waals surface area contributed by atoms with Crippen molar-refractivity contribution in [3.05, 3.63) is 28.2 Å². The molecule has 1 aliphatic heterocycles. The Balaban J connectivity index is 2.15. The molecule has 1 amide bonds. The Morgan fingerprint density at radius 3 is 2.57 bits per heavy atom. The molecule has 5 nitrogen and oxygen atoms in total. The first-order chi connectivity index (χ1) is 10.5. The van der Waals surface area contributed by atoms with Gasteiger partial charge in [-0.15, -0.1) is 0 Å². The van der Waals surface area contributed by atoms with E-state index in [1.165, 1.54) is 18.2 Å². The van der Waals surface area contributed by atoms with E-state index in [9.17, 15) is 26.4 Å². The van der Waals surface area contributed by atoms with Gasteiger partial charge in [0.25, 0.3) is 0 Å². The molecule has 1 aromatic carbocycles. The average Bonchev–Trinajstić information content (AvgIpc) is 2.89. The lowest BCUT2D eigenvalue weighted by molar-refractivity contribution is -0.174. The van der Waals surface area contributed by atoms with Gasteiger partial charge in [-0.3, -0.25) is 4.79 Å². The van der Waals surface area contributed by atoms with Crippen molar-refractivity contribution in [3.8, 4) is 0 Å². The third-order valence-electron chi connectivity index (χ3n) is 3.25. The third kappa shape index (κ3) is 4.09. The summed E-state index contributed by atoms with van der Waals surface area (Å²) in [4.78, 5) is 10.7. The second-order valence-corrected chi connectivity index (χ2v) is 7.64. The molecule has 1 N–H and O–H groups in total. The summed E-state index contributed by atoms with van der Waals surface area (Å²) in [5.74, 6) is -2.09. The monoisotopic (exact) mass is 390 g/mol. The van der Waals surface area contributed by atoms with Gasteiger partial charge in [-0.05, 0) is 24.6 Å². The van der Waals surface area contributed by atoms with E-state index in [0.717, 1.165) is 4.31 Å². The van der Waals surface area contributed by atoms with Crippen LogP contribution in [0, 0.1) is 0 Å². The summed E-state index contributed by atoms with van der Waals surface area (Å²) in [7, 11) is -4.01. The molecule has 1 fully saturated rings. The number of sulfonamides is 1. The SMILES string of the molecule is O=C(NC1CCN(S(=O)(=O)c2cc(Cl)ccc2Cl)C1)C(F)(F)F. The van der Waals surface area contributed by atoms with Gasteiger partial charge in [0.15, 0.2) is 0 Å². The zero-order valence-electron chi connectivity index (χ0n) is 11.4. The summed E-state index contributed by atoms with van der Waals surface area (Å²) < 4.78 is 62.6. The van der Waals surface area contributed by atoms with Crippen LogP contribution < -0.4 is 5.32 Å². The van der Waals surface area contributed by atoms with Gasteiger partial charge in [-0.25, -0.2) is 8.42 Å². The number of halogens is 5. The van der Waals surface area contributed by atoms with Crippen LogP contribution in [0.1, 0.15) is 6.42 Å². The van der Waals surface area contributed by atoms with Gasteiger partial charge in [0, 0.05) is 24.2 Å². The number of hydrogen-bond acceptors (Lipinski definition) is 3. The average molecular weight is 391 g/mol. The van der Waals surface area contributed by atoms with Crippen LogP contribution in [-0.2, 0) is 14.8 Å². The minimum atomic E-state index is -5.01. The highest BCUT2D eigenvalue weighted by atomic mass is 35.5. The number of hydrogen-bond donors (Lipinski definition) is 1. The fourth-order valence-corrected chi connectivity index (χ4v) is 4.38. The Kier molecular flexibility index (Phi) is 5.15. The summed E-state index contributed by atoms with van der Waals surface area (Å²) in [5.41, 5.74) is 0. The molecule has 0 bridgehead atoms. The van der Waals surface area contributed by atoms with E-state index in [1.807, 2.05) is 0 Å². The Morgan fingerprint density at radius 1 is 1.30 bits per heavy atom. The fourth-order valence-electron chi connectivity index (χ4n) is 2.15. The van der Waals surface area contributed by atoms with E-state index in [-0.39, 0.29) is 34.5 Å². The molecule has 128 valence electrons. The molecule has 0 spiro atoms. The molecular formula is C12H11Cl2F3N2O3S. The number of carbonyl (C=O) groups is 1. The highest BCUT2D eigenvalue weighted by molar-refractivity contribution is 7.89. The summed E-state index contributed by atoms with van der Waals surface area (Å²) in [6.45, 7) is -0.305. The van der Waals surface area contributed by atoms with Crippen LogP contribution in [0.4, 0.5) is 13.2 Å². The van der Waals surface area contributed by atoms with Crippen molar-refractivity contribution in [2.45, 2.75) is 23.5 Å². The van der Waals surface area contributed by atoms with Crippen LogP contribution in [0.25, 0.3) is 0 Å². The lowest BCUT2D eigenvalue weighted by atomic mass is 10.2. The molecule has 1 heterocycles. The van der Waals surface area contributed by atoms with E-state index >= 15 is 0 Å². The van der Waals surface area contributed by atoms with Crippen LogP contribution in [-0.4, -0.2) is 43.9 Å². The lowest BCUT2D eigenvalue weighted by Gasteiger charge is -2.18. The van der Waals surface area contributed by atoms with E-state index in [2.05, 4.69) is 0 Å². The normalized spacial score (nSPS) is 19.8. The minimum absolute atomic E-state index is 0.0338. The molecule has 1 unspecified atom stereocenters. The van der Waals surface area contributed by atoms with E-state index in [4.69, 9.17) is 23.2 Å². The van der Waals surface area contributed by atoms with Gasteiger partial charge in [0.1, 0.15) is 4.90 Å². The zero-order valence-corrected chi connectivity index (χ0v) is 13.7. The number of rotatable bonds is 3. The number of carbonyl (C=O) groups excluding carboxylic acids is 1. The number of alkyl halides is 3. The molecule has 0 aliphatic carbocycles. The van der Waals surface area contributed by atoms with Crippen LogP contribution in [0.2, 0.25) is 10.0 Å². The van der Waals surface area contributed by atoms with Crippen molar-refractivity contribution in [2.24, 2.45) is 0 Å². The molecular weight excluding hydrogens is 380 g/mol. The predicted molar refractivity (Wildman–Crippen MR) is 77.8 cm³/mol. The summed E-state index contributed by atoms with van der Waals surface area (Å²) in [6.07, 6.45) is -4.94. The quantitative estimate of drug-likeness (QED) is 0.861. The van der Waals surface area contributed by atoms with Crippen molar-refractivity contribution >= 4 is 39.1 Å². The molecule has 1 saturated heterocycles. The van der Waals surface area contributed by atoms with Crippen molar-refractivity contribution in [2.75, 3.05) is 13.1 Å². The van der Waals surface area contributed by atoms with Gasteiger partial charge in [0.2, 0.25) is 10.0 Å². The summed E-state index contributed by atoms with van der Waals surface area (Å²) in [5, 5.41) is 1.89. The third-order valence-corrected chi connectivity index (χ3v) is 5.84. The first kappa shape index (κ1) is 18.3. The first-order valence-electron chi connectivity index (χ1n) is 6.34. The van der Waals surface area contributed by atoms with Crippen molar-refractivity contribution in [1.82, 2.24) is 9.62 Å². The lowest BCUT2D eigenvalue weighted by Crippen LogP contribution is -2.44. The van der Waals surface area contributed by atoms with Gasteiger partial charge < -0.3 is 5.32 Å². The van der Waals surface area contributed by atoms with Gasteiger partial charge in [-0.2, -0.15) is 17.5 Å². The van der Waals surface area contributed by atoms with Crippen molar-refractivity contribution in [1.29, 1.82) is 0 Å². The predicted octanol–water partition coefficient (Wildman–Crippen LogP) is 2.43. The fraction of sp³-hybridized carbons (Fsp3) is 0.417. The summed E-state index contributed by atoms with van der Waals surface area (Å²) in [6, 6.07) is 2.98. The molecule has 0 radical (unpaired) electrons. The highest BCUT2D eigenvalue weighted by Crippen LogP contribution is 2.29. The van der Waals surface area contributed by atoms with E-state index in [1.54, 1.807) is 5.32 Å². The van der Waals surface area contributed by atoms with E-state index in [0.29, 0.717) is 0 Å². The number of amides is 1. The van der Waals surface area contributed by atoms with Crippen molar-refractivity contribution < 1.29 is 26.4 Å².